The molecule has 5 atom stereocenters. The highest BCUT2D eigenvalue weighted by atomic mass is 31.2. The van der Waals surface area contributed by atoms with Gasteiger partial charge < -0.3 is 34.2 Å². The fraction of sp³-hybridized carbons (Fsp3) is 0.658. The molecule has 0 amide bonds. The molecule has 0 aromatic heterocycles. The van der Waals surface area contributed by atoms with Crippen LogP contribution in [0.2, 0.25) is 0 Å². The van der Waals surface area contributed by atoms with Crippen LogP contribution in [0.4, 0.5) is 0 Å². The first-order valence-electron chi connectivity index (χ1n) is 37.1. The number of carbonyl (C=O) groups is 3. The summed E-state index contributed by atoms with van der Waals surface area (Å²) in [5.74, 6) is -1.69. The lowest BCUT2D eigenvalue weighted by molar-refractivity contribution is -0.161. The molecule has 16 nitrogen and oxygen atoms in total. The summed E-state index contributed by atoms with van der Waals surface area (Å²) in [7, 11) is -9.81. The first kappa shape index (κ1) is 92.4. The van der Waals surface area contributed by atoms with Crippen molar-refractivity contribution in [1.29, 1.82) is 0 Å². The van der Waals surface area contributed by atoms with Crippen molar-refractivity contribution in [3.05, 3.63) is 146 Å². The minimum atomic E-state index is -4.95. The Morgan fingerprint density at radius 1 is 0.299 bits per heavy atom. The summed E-state index contributed by atoms with van der Waals surface area (Å²) in [6.45, 7) is 2.33. The summed E-state index contributed by atoms with van der Waals surface area (Å²) >= 11 is 0. The van der Waals surface area contributed by atoms with Crippen LogP contribution in [-0.2, 0) is 55.8 Å². The van der Waals surface area contributed by atoms with E-state index in [2.05, 4.69) is 148 Å². The van der Waals surface area contributed by atoms with Gasteiger partial charge in [0.2, 0.25) is 0 Å². The number of esters is 3. The van der Waals surface area contributed by atoms with E-state index in [4.69, 9.17) is 32.3 Å². The Morgan fingerprint density at radius 2 is 0.567 bits per heavy atom. The minimum Gasteiger partial charge on any atom is -0.463 e. The molecule has 0 aliphatic carbocycles. The second kappa shape index (κ2) is 71.3. The summed E-state index contributed by atoms with van der Waals surface area (Å²) in [5, 5.41) is 20.6. The van der Waals surface area contributed by atoms with E-state index >= 15 is 0 Å². The van der Waals surface area contributed by atoms with Crippen molar-refractivity contribution >= 4 is 33.6 Å². The number of allylic oxidation sites excluding steroid dienone is 24. The molecule has 0 heterocycles. The second-order valence-corrected chi connectivity index (χ2v) is 27.2. The molecule has 0 aromatic carbocycles. The number of ether oxygens (including phenoxy) is 3. The predicted molar refractivity (Wildman–Crippen MR) is 399 cm³/mol. The van der Waals surface area contributed by atoms with Crippen molar-refractivity contribution in [2.45, 2.75) is 296 Å². The number of hydrogen-bond donors (Lipinski definition) is 4. The van der Waals surface area contributed by atoms with Gasteiger partial charge in [0.05, 0.1) is 26.4 Å². The summed E-state index contributed by atoms with van der Waals surface area (Å²) in [6.07, 6.45) is 86.3. The summed E-state index contributed by atoms with van der Waals surface area (Å²) in [5.41, 5.74) is 0. The smallest absolute Gasteiger partial charge is 0.463 e. The zero-order chi connectivity index (χ0) is 70.9. The van der Waals surface area contributed by atoms with Crippen LogP contribution in [0.5, 0.6) is 0 Å². The average Bonchev–Trinajstić information content (AvgIpc) is 2.48. The van der Waals surface area contributed by atoms with Crippen LogP contribution in [0.15, 0.2) is 146 Å². The summed E-state index contributed by atoms with van der Waals surface area (Å²) < 4.78 is 60.9. The number of unbranched alkanes of at least 4 members (excludes halogenated alkanes) is 22. The number of aliphatic hydroxyl groups is 2. The number of phosphoric acid groups is 2. The van der Waals surface area contributed by atoms with Crippen molar-refractivity contribution < 1.29 is 75.8 Å². The largest absolute Gasteiger partial charge is 0.472 e. The Bertz CT molecular complexity index is 2350. The summed E-state index contributed by atoms with van der Waals surface area (Å²) in [6, 6.07) is 0. The maximum absolute atomic E-state index is 12.9. The van der Waals surface area contributed by atoms with Crippen LogP contribution in [0.25, 0.3) is 0 Å². The van der Waals surface area contributed by atoms with Crippen LogP contribution < -0.4 is 0 Å². The van der Waals surface area contributed by atoms with E-state index in [1.807, 2.05) is 18.2 Å². The normalized spacial score (nSPS) is 14.9. The number of rotatable bonds is 69. The average molecular weight is 1400 g/mol. The molecule has 4 N–H and O–H groups in total. The van der Waals surface area contributed by atoms with Gasteiger partial charge in [0.1, 0.15) is 25.4 Å². The van der Waals surface area contributed by atoms with Crippen molar-refractivity contribution in [3.8, 4) is 0 Å². The molecule has 0 spiro atoms. The third-order valence-corrected chi connectivity index (χ3v) is 16.9. The van der Waals surface area contributed by atoms with Gasteiger partial charge in [-0.1, -0.05) is 276 Å². The molecule has 5 unspecified atom stereocenters. The topological polar surface area (TPSA) is 231 Å². The third-order valence-electron chi connectivity index (χ3n) is 15.0. The minimum absolute atomic E-state index is 0.0403. The Kier molecular flexibility index (Phi) is 67.9. The Hall–Kier alpha value is -4.57. The van der Waals surface area contributed by atoms with Gasteiger partial charge in [-0.05, 0) is 128 Å². The van der Waals surface area contributed by atoms with Gasteiger partial charge in [-0.15, -0.1) is 0 Å². The zero-order valence-electron chi connectivity index (χ0n) is 60.2. The fourth-order valence-corrected chi connectivity index (χ4v) is 11.0. The van der Waals surface area contributed by atoms with E-state index in [0.29, 0.717) is 25.7 Å². The van der Waals surface area contributed by atoms with Gasteiger partial charge in [0, 0.05) is 19.3 Å². The molecule has 0 aliphatic heterocycles. The van der Waals surface area contributed by atoms with Crippen molar-refractivity contribution in [1.82, 2.24) is 0 Å². The molecule has 0 aromatic rings. The molecule has 0 saturated carbocycles. The predicted octanol–water partition coefficient (Wildman–Crippen LogP) is 21.3. The standard InChI is InChI=1S/C79H132O16P2/c1-4-7-10-13-16-19-22-25-28-30-32-33-34-35-36-37-38-39-41-43-45-47-50-53-56-59-62-65-77(82)89-68-74(80)69-91-96(85,86)92-70-75(81)71-93-97(87,88)94-73-76(95-79(84)67-64-61-58-55-52-49-44-27-24-21-18-15-12-9-6-3)72-90-78(83)66-63-60-57-54-51-48-46-42-40-31-29-26-23-20-17-14-11-8-5-2/h7-8,10-11,16-17,19-20,25-29,32-33,35-36,40,42,44,48,51,57,60,74-76,80-81H,4-6,9,12-15,18,21-24,30-31,34,37-39,41,43,45-47,49-50,52-56,58-59,61-73H2,1-3H3,(H,85,86)(H,87,88)/b10-7-,11-8-,19-16-,20-17-,28-25-,29-26-,33-32-,36-35-,42-40-,44-27-,51-48-,60-57-. The lowest BCUT2D eigenvalue weighted by Gasteiger charge is -2.21. The third kappa shape index (κ3) is 72.5. The monoisotopic (exact) mass is 1400 g/mol. The van der Waals surface area contributed by atoms with Gasteiger partial charge >= 0.3 is 33.6 Å². The highest BCUT2D eigenvalue weighted by Crippen LogP contribution is 2.45. The highest BCUT2D eigenvalue weighted by molar-refractivity contribution is 7.47. The lowest BCUT2D eigenvalue weighted by atomic mass is 10.0. The number of hydrogen-bond acceptors (Lipinski definition) is 14. The van der Waals surface area contributed by atoms with E-state index in [1.165, 1.54) is 83.5 Å². The molecule has 0 fully saturated rings. The Labute approximate surface area is 587 Å². The first-order chi connectivity index (χ1) is 47.2. The lowest BCUT2D eigenvalue weighted by Crippen LogP contribution is -2.30. The molecule has 97 heavy (non-hydrogen) atoms. The maximum atomic E-state index is 12.9. The Morgan fingerprint density at radius 3 is 0.938 bits per heavy atom. The van der Waals surface area contributed by atoms with E-state index in [1.54, 1.807) is 0 Å². The van der Waals surface area contributed by atoms with Crippen LogP contribution in [-0.4, -0.2) is 95.9 Å². The molecule has 0 aliphatic rings. The maximum Gasteiger partial charge on any atom is 0.472 e. The quantitative estimate of drug-likeness (QED) is 0.0146. The molecular formula is C79H132O16P2. The van der Waals surface area contributed by atoms with Gasteiger partial charge in [0.15, 0.2) is 6.10 Å². The fourth-order valence-electron chi connectivity index (χ4n) is 9.44. The highest BCUT2D eigenvalue weighted by Gasteiger charge is 2.29. The number of carbonyl (C=O) groups excluding carboxylic acids is 3. The SMILES string of the molecule is CC/C=C\C/C=C\C/C=C\C/C=C\C/C=C\C/C=C\CCC(=O)OCC(COP(=O)(O)OCC(O)COP(=O)(O)OCC(O)COC(=O)CCCCCCCCCCCCC/C=C\C/C=C\C/C=C\C/C=C\C/C=C\CC)OC(=O)CCCCCCC/C=C\CCCCCCCC. The van der Waals surface area contributed by atoms with Crippen LogP contribution in [0.1, 0.15) is 278 Å². The molecule has 0 radical (unpaired) electrons. The van der Waals surface area contributed by atoms with Crippen molar-refractivity contribution in [2.75, 3.05) is 39.6 Å². The summed E-state index contributed by atoms with van der Waals surface area (Å²) in [4.78, 5) is 58.5. The van der Waals surface area contributed by atoms with Gasteiger partial charge in [0.25, 0.3) is 0 Å². The molecule has 0 bridgehead atoms. The zero-order valence-corrected chi connectivity index (χ0v) is 62.0. The molecule has 0 rings (SSSR count). The number of aliphatic hydroxyl groups excluding tert-OH is 2. The van der Waals surface area contributed by atoms with E-state index in [-0.39, 0.29) is 19.3 Å². The van der Waals surface area contributed by atoms with E-state index in [0.717, 1.165) is 128 Å². The van der Waals surface area contributed by atoms with Crippen molar-refractivity contribution in [2.24, 2.45) is 0 Å². The van der Waals surface area contributed by atoms with Gasteiger partial charge in [-0.2, -0.15) is 0 Å². The molecule has 554 valence electrons. The number of phosphoric ester groups is 2. The van der Waals surface area contributed by atoms with Crippen LogP contribution in [0, 0.1) is 0 Å². The van der Waals surface area contributed by atoms with Gasteiger partial charge in [-0.3, -0.25) is 32.5 Å². The molecule has 0 saturated heterocycles. The molecule has 18 heteroatoms. The van der Waals surface area contributed by atoms with Crippen LogP contribution >= 0.6 is 15.6 Å². The van der Waals surface area contributed by atoms with E-state index < -0.39 is 91.5 Å². The molecular weight excluding hydrogens is 1270 g/mol. The van der Waals surface area contributed by atoms with E-state index in [9.17, 15) is 43.5 Å². The first-order valence-corrected chi connectivity index (χ1v) is 40.1. The Balaban J connectivity index is 4.62. The van der Waals surface area contributed by atoms with Gasteiger partial charge in [-0.25, -0.2) is 9.13 Å². The van der Waals surface area contributed by atoms with Crippen molar-refractivity contribution in [3.63, 3.8) is 0 Å². The second-order valence-electron chi connectivity index (χ2n) is 24.3. The van der Waals surface area contributed by atoms with Crippen LogP contribution in [0.3, 0.4) is 0 Å².